The number of ether oxygens (including phenoxy) is 1. The highest BCUT2D eigenvalue weighted by Gasteiger charge is 2.53. The first-order valence-corrected chi connectivity index (χ1v) is 9.76. The summed E-state index contributed by atoms with van der Waals surface area (Å²) in [6.07, 6.45) is 5.15. The van der Waals surface area contributed by atoms with Gasteiger partial charge in [0, 0.05) is 0 Å². The van der Waals surface area contributed by atoms with Crippen LogP contribution in [0.15, 0.2) is 18.2 Å². The number of hydrogen-bond acceptors (Lipinski definition) is 4. The summed E-state index contributed by atoms with van der Waals surface area (Å²) >= 11 is 0. The molecule has 2 saturated carbocycles. The predicted octanol–water partition coefficient (Wildman–Crippen LogP) is 3.40. The number of aliphatic hydroxyl groups excluding tert-OH is 1. The topological polar surface area (TPSA) is 66.8 Å². The minimum atomic E-state index is -0.545. The van der Waals surface area contributed by atoms with Gasteiger partial charge in [-0.15, -0.1) is 0 Å². The van der Waals surface area contributed by atoms with E-state index in [-0.39, 0.29) is 17.8 Å². The van der Waals surface area contributed by atoms with Crippen molar-refractivity contribution in [3.63, 3.8) is 0 Å². The smallest absolute Gasteiger partial charge is 0.311 e. The van der Waals surface area contributed by atoms with Crippen molar-refractivity contribution in [2.24, 2.45) is 23.7 Å². The van der Waals surface area contributed by atoms with Gasteiger partial charge in [0.2, 0.25) is 0 Å². The normalized spacial score (nSPS) is 36.2. The summed E-state index contributed by atoms with van der Waals surface area (Å²) in [6, 6.07) is 5.79. The van der Waals surface area contributed by atoms with E-state index in [1.807, 2.05) is 13.0 Å². The van der Waals surface area contributed by atoms with Crippen molar-refractivity contribution in [3.8, 4) is 5.75 Å². The van der Waals surface area contributed by atoms with Gasteiger partial charge >= 0.3 is 5.97 Å². The first-order valence-electron chi connectivity index (χ1n) is 9.76. The van der Waals surface area contributed by atoms with Crippen molar-refractivity contribution in [1.29, 1.82) is 0 Å². The van der Waals surface area contributed by atoms with E-state index in [1.54, 1.807) is 6.07 Å². The van der Waals surface area contributed by atoms with Gasteiger partial charge in [0.25, 0.3) is 0 Å². The summed E-state index contributed by atoms with van der Waals surface area (Å²) in [5, 5.41) is 20.5. The summed E-state index contributed by atoms with van der Waals surface area (Å²) in [4.78, 5) is 12.3. The number of esters is 1. The first kappa shape index (κ1) is 16.9. The number of phenols is 1. The van der Waals surface area contributed by atoms with E-state index >= 15 is 0 Å². The molecule has 4 heteroatoms. The molecule has 4 nitrogen and oxygen atoms in total. The van der Waals surface area contributed by atoms with E-state index < -0.39 is 6.10 Å². The van der Waals surface area contributed by atoms with Crippen LogP contribution in [0.25, 0.3) is 0 Å². The molecule has 25 heavy (non-hydrogen) atoms. The van der Waals surface area contributed by atoms with Crippen molar-refractivity contribution in [2.75, 3.05) is 6.61 Å². The van der Waals surface area contributed by atoms with Crippen molar-refractivity contribution >= 4 is 5.97 Å². The Hall–Kier alpha value is -1.55. The van der Waals surface area contributed by atoms with E-state index in [1.165, 1.54) is 11.1 Å². The Kier molecular flexibility index (Phi) is 4.48. The number of hydrogen-bond donors (Lipinski definition) is 2. The molecule has 0 bridgehead atoms. The molecule has 0 aliphatic heterocycles. The minimum absolute atomic E-state index is 0.207. The number of rotatable bonds is 3. The molecule has 136 valence electrons. The van der Waals surface area contributed by atoms with Crippen LogP contribution >= 0.6 is 0 Å². The quantitative estimate of drug-likeness (QED) is 0.825. The molecule has 0 radical (unpaired) electrons. The van der Waals surface area contributed by atoms with E-state index in [0.717, 1.165) is 38.5 Å². The number of carbonyl (C=O) groups excluding carboxylic acids is 1. The molecule has 1 aromatic carbocycles. The summed E-state index contributed by atoms with van der Waals surface area (Å²) in [6.45, 7) is 2.43. The second kappa shape index (κ2) is 6.64. The van der Waals surface area contributed by atoms with Gasteiger partial charge in [0.15, 0.2) is 0 Å². The SMILES string of the molecule is CCCOC(=O)[C@@H]1C[C@@H]2C(CC[C@@H]3c4ccc(O)cc4CC[C@H]32)[C@H]1O. The Bertz CT molecular complexity index is 655. The fourth-order valence-electron chi connectivity index (χ4n) is 5.76. The number of aromatic hydroxyl groups is 1. The highest BCUT2D eigenvalue weighted by molar-refractivity contribution is 5.73. The lowest BCUT2D eigenvalue weighted by Crippen LogP contribution is -2.37. The molecule has 0 aromatic heterocycles. The maximum absolute atomic E-state index is 12.3. The Morgan fingerprint density at radius 2 is 2.04 bits per heavy atom. The number of phenolic OH excluding ortho intramolecular Hbond substituents is 1. The average Bonchev–Trinajstić information content (AvgIpc) is 2.96. The number of aliphatic hydroxyl groups is 1. The summed E-state index contributed by atoms with van der Waals surface area (Å²) in [5.74, 6) is 1.48. The standard InChI is InChI=1S/C21H28O4/c1-2-9-25-21(24)19-11-18-16-5-3-12-10-13(22)4-6-14(12)15(16)7-8-17(18)20(19)23/h4,6,10,15-20,22-23H,2-3,5,7-9,11H2,1H3/t15-,16-,17?,18+,19-,20-/m1/s1. The molecule has 6 atom stereocenters. The van der Waals surface area contributed by atoms with E-state index in [0.29, 0.717) is 30.1 Å². The fourth-order valence-corrected chi connectivity index (χ4v) is 5.76. The molecule has 2 fully saturated rings. The molecule has 0 spiro atoms. The van der Waals surface area contributed by atoms with Crippen LogP contribution in [-0.4, -0.2) is 28.9 Å². The van der Waals surface area contributed by atoms with Gasteiger partial charge in [0.1, 0.15) is 5.75 Å². The van der Waals surface area contributed by atoms with Gasteiger partial charge in [-0.05, 0) is 85.5 Å². The molecule has 3 aliphatic rings. The zero-order chi connectivity index (χ0) is 17.6. The minimum Gasteiger partial charge on any atom is -0.508 e. The Balaban J connectivity index is 1.54. The summed E-state index contributed by atoms with van der Waals surface area (Å²) < 4.78 is 5.33. The Morgan fingerprint density at radius 3 is 2.84 bits per heavy atom. The number of carbonyl (C=O) groups is 1. The van der Waals surface area contributed by atoms with Crippen LogP contribution in [-0.2, 0) is 16.0 Å². The Labute approximate surface area is 149 Å². The Morgan fingerprint density at radius 1 is 1.20 bits per heavy atom. The third kappa shape index (κ3) is 2.84. The molecule has 3 aliphatic carbocycles. The van der Waals surface area contributed by atoms with Gasteiger partial charge < -0.3 is 14.9 Å². The second-order valence-corrected chi connectivity index (χ2v) is 8.10. The van der Waals surface area contributed by atoms with Crippen LogP contribution < -0.4 is 0 Å². The zero-order valence-electron chi connectivity index (χ0n) is 14.9. The average molecular weight is 344 g/mol. The molecule has 0 heterocycles. The van der Waals surface area contributed by atoms with Gasteiger partial charge in [-0.25, -0.2) is 0 Å². The molecular weight excluding hydrogens is 316 g/mol. The van der Waals surface area contributed by atoms with Gasteiger partial charge in [0.05, 0.1) is 18.6 Å². The van der Waals surface area contributed by atoms with Crippen LogP contribution in [0.3, 0.4) is 0 Å². The van der Waals surface area contributed by atoms with E-state index in [4.69, 9.17) is 4.74 Å². The maximum Gasteiger partial charge on any atom is 0.311 e. The molecule has 4 rings (SSSR count). The third-order valence-electron chi connectivity index (χ3n) is 6.83. The summed E-state index contributed by atoms with van der Waals surface area (Å²) in [5.41, 5.74) is 2.65. The highest BCUT2D eigenvalue weighted by Crippen LogP contribution is 2.56. The van der Waals surface area contributed by atoms with Crippen LogP contribution in [0.2, 0.25) is 0 Å². The monoisotopic (exact) mass is 344 g/mol. The maximum atomic E-state index is 12.3. The molecule has 0 amide bonds. The first-order chi connectivity index (χ1) is 12.1. The fraction of sp³-hybridized carbons (Fsp3) is 0.667. The van der Waals surface area contributed by atoms with Crippen LogP contribution in [0.5, 0.6) is 5.75 Å². The van der Waals surface area contributed by atoms with E-state index in [9.17, 15) is 15.0 Å². The lowest BCUT2D eigenvalue weighted by atomic mass is 9.61. The highest BCUT2D eigenvalue weighted by atomic mass is 16.5. The largest absolute Gasteiger partial charge is 0.508 e. The zero-order valence-corrected chi connectivity index (χ0v) is 14.9. The van der Waals surface area contributed by atoms with Crippen molar-refractivity contribution in [1.82, 2.24) is 0 Å². The number of aryl methyl sites for hydroxylation is 1. The van der Waals surface area contributed by atoms with Gasteiger partial charge in [-0.2, -0.15) is 0 Å². The van der Waals surface area contributed by atoms with Crippen molar-refractivity contribution < 1.29 is 19.7 Å². The van der Waals surface area contributed by atoms with E-state index in [2.05, 4.69) is 6.07 Å². The van der Waals surface area contributed by atoms with Crippen molar-refractivity contribution in [3.05, 3.63) is 29.3 Å². The molecular formula is C21H28O4. The third-order valence-corrected chi connectivity index (χ3v) is 6.83. The molecule has 0 saturated heterocycles. The predicted molar refractivity (Wildman–Crippen MR) is 94.2 cm³/mol. The van der Waals surface area contributed by atoms with Crippen LogP contribution in [0, 0.1) is 23.7 Å². The van der Waals surface area contributed by atoms with Gasteiger partial charge in [-0.1, -0.05) is 13.0 Å². The number of fused-ring (bicyclic) bond motifs is 5. The van der Waals surface area contributed by atoms with Crippen molar-refractivity contribution in [2.45, 2.75) is 57.5 Å². The number of benzene rings is 1. The van der Waals surface area contributed by atoms with Crippen LogP contribution in [0.1, 0.15) is 56.1 Å². The second-order valence-electron chi connectivity index (χ2n) is 8.10. The van der Waals surface area contributed by atoms with Gasteiger partial charge in [-0.3, -0.25) is 4.79 Å². The summed E-state index contributed by atoms with van der Waals surface area (Å²) in [7, 11) is 0. The molecule has 1 unspecified atom stereocenters. The van der Waals surface area contributed by atoms with Crippen LogP contribution in [0.4, 0.5) is 0 Å². The molecule has 1 aromatic rings. The lowest BCUT2D eigenvalue weighted by molar-refractivity contribution is -0.152. The lowest BCUT2D eigenvalue weighted by Gasteiger charge is -2.44. The molecule has 2 N–H and O–H groups in total.